The highest BCUT2D eigenvalue weighted by molar-refractivity contribution is 6.31. The van der Waals surface area contributed by atoms with Gasteiger partial charge in [0.2, 0.25) is 0 Å². The van der Waals surface area contributed by atoms with Gasteiger partial charge in [-0.25, -0.2) is 0 Å². The molecule has 14 heavy (non-hydrogen) atoms. The maximum atomic E-state index is 8.36. The Bertz CT molecular complexity index is 272. The minimum absolute atomic E-state index is 0.250. The van der Waals surface area contributed by atoms with Gasteiger partial charge >= 0.3 is 0 Å². The molecule has 3 heteroatoms. The van der Waals surface area contributed by atoms with Crippen molar-refractivity contribution in [1.29, 1.82) is 0 Å². The minimum atomic E-state index is -0.250. The van der Waals surface area contributed by atoms with Crippen LogP contribution in [0.1, 0.15) is 19.4 Å². The van der Waals surface area contributed by atoms with Crippen LogP contribution in [0.4, 0.5) is 0 Å². The average Bonchev–Trinajstić information content (AvgIpc) is 2.09. The van der Waals surface area contributed by atoms with Crippen LogP contribution in [0.5, 0.6) is 0 Å². The first-order valence-electron chi connectivity index (χ1n) is 4.43. The third-order valence-electron chi connectivity index (χ3n) is 1.59. The highest BCUT2D eigenvalue weighted by Crippen LogP contribution is 2.17. The smallest absolute Gasteiger partial charge is 0.290 e. The Morgan fingerprint density at radius 1 is 1.43 bits per heavy atom. The van der Waals surface area contributed by atoms with Crippen LogP contribution in [0, 0.1) is 5.92 Å². The Labute approximate surface area is 89.5 Å². The second-order valence-corrected chi connectivity index (χ2v) is 3.70. The fraction of sp³-hybridized carbons (Fsp3) is 0.364. The lowest BCUT2D eigenvalue weighted by Crippen LogP contribution is -1.93. The maximum absolute atomic E-state index is 8.36. The zero-order valence-corrected chi connectivity index (χ0v) is 9.16. The zero-order chi connectivity index (χ0) is 11.0. The standard InChI is InChI=1S/C10H13Cl.CH2O2/c1-8(2)7-9-5-3-4-6-10(9)11;2-1-3/h3-6,8H,7H2,1-2H3;1H,(H,2,3). The fourth-order valence-corrected chi connectivity index (χ4v) is 1.32. The van der Waals surface area contributed by atoms with E-state index in [1.807, 2.05) is 18.2 Å². The van der Waals surface area contributed by atoms with Crippen molar-refractivity contribution in [2.75, 3.05) is 0 Å². The first-order chi connectivity index (χ1) is 6.61. The van der Waals surface area contributed by atoms with E-state index in [1.165, 1.54) is 5.56 Å². The van der Waals surface area contributed by atoms with Crippen LogP contribution in [0.15, 0.2) is 24.3 Å². The number of hydrogen-bond donors (Lipinski definition) is 1. The molecule has 0 fully saturated rings. The van der Waals surface area contributed by atoms with Crippen LogP contribution >= 0.6 is 11.6 Å². The van der Waals surface area contributed by atoms with Gasteiger partial charge in [0, 0.05) is 5.02 Å². The molecule has 2 nitrogen and oxygen atoms in total. The summed E-state index contributed by atoms with van der Waals surface area (Å²) in [6, 6.07) is 8.03. The van der Waals surface area contributed by atoms with E-state index in [2.05, 4.69) is 19.9 Å². The molecule has 0 amide bonds. The molecule has 0 bridgehead atoms. The Morgan fingerprint density at radius 2 is 1.93 bits per heavy atom. The van der Waals surface area contributed by atoms with Crippen molar-refractivity contribution in [2.45, 2.75) is 20.3 Å². The van der Waals surface area contributed by atoms with Crippen molar-refractivity contribution >= 4 is 18.1 Å². The molecule has 0 atom stereocenters. The zero-order valence-electron chi connectivity index (χ0n) is 8.40. The third-order valence-corrected chi connectivity index (χ3v) is 1.95. The number of carboxylic acid groups (broad SMARTS) is 1. The van der Waals surface area contributed by atoms with Gasteiger partial charge in [0.25, 0.3) is 6.47 Å². The van der Waals surface area contributed by atoms with E-state index in [0.717, 1.165) is 11.4 Å². The topological polar surface area (TPSA) is 37.3 Å². The van der Waals surface area contributed by atoms with Crippen LogP contribution in [-0.4, -0.2) is 11.6 Å². The predicted molar refractivity (Wildman–Crippen MR) is 58.7 cm³/mol. The van der Waals surface area contributed by atoms with Gasteiger partial charge < -0.3 is 5.11 Å². The van der Waals surface area contributed by atoms with E-state index in [9.17, 15) is 0 Å². The fourth-order valence-electron chi connectivity index (χ4n) is 1.10. The van der Waals surface area contributed by atoms with Crippen molar-refractivity contribution < 1.29 is 9.90 Å². The maximum Gasteiger partial charge on any atom is 0.290 e. The number of rotatable bonds is 2. The summed E-state index contributed by atoms with van der Waals surface area (Å²) in [4.78, 5) is 8.36. The molecule has 1 aromatic carbocycles. The molecule has 78 valence electrons. The van der Waals surface area contributed by atoms with Crippen molar-refractivity contribution in [3.63, 3.8) is 0 Å². The van der Waals surface area contributed by atoms with E-state index in [4.69, 9.17) is 21.5 Å². The van der Waals surface area contributed by atoms with Crippen molar-refractivity contribution in [1.82, 2.24) is 0 Å². The van der Waals surface area contributed by atoms with Crippen molar-refractivity contribution in [3.8, 4) is 0 Å². The summed E-state index contributed by atoms with van der Waals surface area (Å²) in [5.41, 5.74) is 1.25. The van der Waals surface area contributed by atoms with Gasteiger partial charge in [-0.1, -0.05) is 43.6 Å². The minimum Gasteiger partial charge on any atom is -0.483 e. The van der Waals surface area contributed by atoms with E-state index >= 15 is 0 Å². The summed E-state index contributed by atoms with van der Waals surface area (Å²) in [5.74, 6) is 0.676. The number of carbonyl (C=O) groups is 1. The van der Waals surface area contributed by atoms with Gasteiger partial charge in [-0.2, -0.15) is 0 Å². The Balaban J connectivity index is 0.000000500. The Hall–Kier alpha value is -1.02. The normalized spacial score (nSPS) is 9.14. The molecule has 0 spiro atoms. The third kappa shape index (κ3) is 5.60. The molecule has 1 N–H and O–H groups in total. The summed E-state index contributed by atoms with van der Waals surface area (Å²) < 4.78 is 0. The molecule has 0 heterocycles. The molecule has 0 saturated carbocycles. The molecule has 1 aromatic rings. The lowest BCUT2D eigenvalue weighted by molar-refractivity contribution is -0.122. The number of hydrogen-bond acceptors (Lipinski definition) is 1. The predicted octanol–water partition coefficient (Wildman–Crippen LogP) is 3.24. The van der Waals surface area contributed by atoms with Gasteiger partial charge in [0.15, 0.2) is 0 Å². The molecule has 0 aliphatic carbocycles. The summed E-state index contributed by atoms with van der Waals surface area (Å²) in [7, 11) is 0. The highest BCUT2D eigenvalue weighted by atomic mass is 35.5. The van der Waals surface area contributed by atoms with Gasteiger partial charge in [-0.15, -0.1) is 0 Å². The number of halogens is 1. The molecular formula is C11H15ClO2. The van der Waals surface area contributed by atoms with E-state index in [0.29, 0.717) is 5.92 Å². The summed E-state index contributed by atoms with van der Waals surface area (Å²) in [6.45, 7) is 4.15. The van der Waals surface area contributed by atoms with E-state index in [-0.39, 0.29) is 6.47 Å². The first kappa shape index (κ1) is 13.0. The Kier molecular flexibility index (Phi) is 6.85. The molecule has 0 aliphatic heterocycles. The molecule has 0 radical (unpaired) electrons. The lowest BCUT2D eigenvalue weighted by Gasteiger charge is -2.05. The summed E-state index contributed by atoms with van der Waals surface area (Å²) in [5, 5.41) is 7.78. The lowest BCUT2D eigenvalue weighted by atomic mass is 10.0. The quantitative estimate of drug-likeness (QED) is 0.768. The second-order valence-electron chi connectivity index (χ2n) is 3.29. The van der Waals surface area contributed by atoms with E-state index < -0.39 is 0 Å². The monoisotopic (exact) mass is 214 g/mol. The summed E-state index contributed by atoms with van der Waals surface area (Å²) in [6.07, 6.45) is 1.07. The molecule has 1 rings (SSSR count). The average molecular weight is 215 g/mol. The first-order valence-corrected chi connectivity index (χ1v) is 4.80. The second kappa shape index (κ2) is 7.39. The van der Waals surface area contributed by atoms with Gasteiger partial charge in [-0.3, -0.25) is 4.79 Å². The van der Waals surface area contributed by atoms with Crippen LogP contribution in [0.3, 0.4) is 0 Å². The molecule has 0 saturated heterocycles. The molecule has 0 aliphatic rings. The molecular weight excluding hydrogens is 200 g/mol. The van der Waals surface area contributed by atoms with Gasteiger partial charge in [0.1, 0.15) is 0 Å². The Morgan fingerprint density at radius 3 is 2.36 bits per heavy atom. The molecule has 0 aromatic heterocycles. The largest absolute Gasteiger partial charge is 0.483 e. The van der Waals surface area contributed by atoms with Crippen LogP contribution < -0.4 is 0 Å². The van der Waals surface area contributed by atoms with Crippen molar-refractivity contribution in [2.24, 2.45) is 5.92 Å². The van der Waals surface area contributed by atoms with Crippen LogP contribution in [-0.2, 0) is 11.2 Å². The van der Waals surface area contributed by atoms with Crippen LogP contribution in [0.2, 0.25) is 5.02 Å². The number of benzene rings is 1. The summed E-state index contributed by atoms with van der Waals surface area (Å²) >= 11 is 5.97. The van der Waals surface area contributed by atoms with Crippen LogP contribution in [0.25, 0.3) is 0 Å². The van der Waals surface area contributed by atoms with E-state index in [1.54, 1.807) is 0 Å². The molecule has 0 unspecified atom stereocenters. The van der Waals surface area contributed by atoms with Gasteiger partial charge in [0.05, 0.1) is 0 Å². The highest BCUT2D eigenvalue weighted by Gasteiger charge is 2.00. The van der Waals surface area contributed by atoms with Gasteiger partial charge in [-0.05, 0) is 24.0 Å². The SMILES string of the molecule is CC(C)Cc1ccccc1Cl.O=CO. The van der Waals surface area contributed by atoms with Crippen molar-refractivity contribution in [3.05, 3.63) is 34.9 Å².